The molecule has 19 heavy (non-hydrogen) atoms. The Morgan fingerprint density at radius 3 is 2.84 bits per heavy atom. The Labute approximate surface area is 114 Å². The molecule has 2 atom stereocenters. The summed E-state index contributed by atoms with van der Waals surface area (Å²) in [6.07, 6.45) is 2.00. The molecule has 0 radical (unpaired) electrons. The van der Waals surface area contributed by atoms with Gasteiger partial charge in [0.15, 0.2) is 0 Å². The van der Waals surface area contributed by atoms with E-state index in [9.17, 15) is 9.59 Å². The van der Waals surface area contributed by atoms with Crippen LogP contribution in [0.2, 0.25) is 0 Å². The van der Waals surface area contributed by atoms with Crippen molar-refractivity contribution in [2.45, 2.75) is 38.4 Å². The molecular formula is C13H23N3O3. The van der Waals surface area contributed by atoms with Gasteiger partial charge in [0.05, 0.1) is 19.3 Å². The smallest absolute Gasteiger partial charge is 0.245 e. The van der Waals surface area contributed by atoms with E-state index in [4.69, 9.17) is 10.5 Å². The molecule has 6 heteroatoms. The van der Waals surface area contributed by atoms with Gasteiger partial charge in [-0.3, -0.25) is 9.59 Å². The van der Waals surface area contributed by atoms with Crippen LogP contribution in [0.3, 0.4) is 0 Å². The average Bonchev–Trinajstić information content (AvgIpc) is 2.37. The molecule has 2 unspecified atom stereocenters. The van der Waals surface area contributed by atoms with E-state index < -0.39 is 12.1 Å². The molecule has 1 aliphatic heterocycles. The van der Waals surface area contributed by atoms with Crippen LogP contribution in [0.15, 0.2) is 12.7 Å². The van der Waals surface area contributed by atoms with E-state index in [1.807, 2.05) is 13.8 Å². The second-order valence-corrected chi connectivity index (χ2v) is 4.92. The van der Waals surface area contributed by atoms with E-state index >= 15 is 0 Å². The maximum atomic E-state index is 12.2. The second-order valence-electron chi connectivity index (χ2n) is 4.92. The summed E-state index contributed by atoms with van der Waals surface area (Å²) < 4.78 is 5.29. The molecule has 0 aliphatic carbocycles. The van der Waals surface area contributed by atoms with Gasteiger partial charge in [-0.15, -0.1) is 6.58 Å². The molecule has 3 N–H and O–H groups in total. The van der Waals surface area contributed by atoms with Crippen LogP contribution in [-0.2, 0) is 14.3 Å². The Morgan fingerprint density at radius 2 is 2.26 bits per heavy atom. The molecule has 0 bridgehead atoms. The van der Waals surface area contributed by atoms with Gasteiger partial charge in [0.2, 0.25) is 11.8 Å². The maximum absolute atomic E-state index is 12.2. The van der Waals surface area contributed by atoms with Crippen molar-refractivity contribution < 1.29 is 14.3 Å². The fourth-order valence-corrected chi connectivity index (χ4v) is 1.96. The van der Waals surface area contributed by atoms with Crippen LogP contribution in [0.1, 0.15) is 20.3 Å². The van der Waals surface area contributed by atoms with Gasteiger partial charge < -0.3 is 20.7 Å². The first-order valence-electron chi connectivity index (χ1n) is 6.52. The molecule has 2 amide bonds. The molecule has 1 fully saturated rings. The lowest BCUT2D eigenvalue weighted by molar-refractivity contribution is -0.149. The molecule has 0 aromatic carbocycles. The maximum Gasteiger partial charge on any atom is 0.245 e. The topological polar surface area (TPSA) is 84.7 Å². The second kappa shape index (κ2) is 7.25. The molecular weight excluding hydrogens is 246 g/mol. The number of carbonyl (C=O) groups is 2. The van der Waals surface area contributed by atoms with E-state index in [1.165, 1.54) is 4.90 Å². The number of nitrogens with two attached hydrogens (primary N) is 1. The van der Waals surface area contributed by atoms with Crippen molar-refractivity contribution in [3.8, 4) is 0 Å². The van der Waals surface area contributed by atoms with Gasteiger partial charge in [-0.05, 0) is 20.3 Å². The molecule has 1 heterocycles. The highest BCUT2D eigenvalue weighted by molar-refractivity contribution is 5.90. The van der Waals surface area contributed by atoms with Crippen LogP contribution in [-0.4, -0.2) is 54.6 Å². The number of morpholine rings is 1. The fourth-order valence-electron chi connectivity index (χ4n) is 1.96. The van der Waals surface area contributed by atoms with Crippen molar-refractivity contribution in [2.75, 3.05) is 19.8 Å². The summed E-state index contributed by atoms with van der Waals surface area (Å²) in [5.74, 6) is -0.430. The monoisotopic (exact) mass is 269 g/mol. The van der Waals surface area contributed by atoms with E-state index in [-0.39, 0.29) is 24.5 Å². The summed E-state index contributed by atoms with van der Waals surface area (Å²) in [6.45, 7) is 8.34. The molecule has 0 spiro atoms. The largest absolute Gasteiger partial charge is 0.377 e. The van der Waals surface area contributed by atoms with Gasteiger partial charge in [-0.25, -0.2) is 0 Å². The van der Waals surface area contributed by atoms with E-state index in [0.717, 1.165) is 0 Å². The highest BCUT2D eigenvalue weighted by atomic mass is 16.5. The van der Waals surface area contributed by atoms with E-state index in [2.05, 4.69) is 11.9 Å². The third-order valence-corrected chi connectivity index (χ3v) is 2.88. The minimum Gasteiger partial charge on any atom is -0.377 e. The van der Waals surface area contributed by atoms with Gasteiger partial charge in [0, 0.05) is 12.6 Å². The number of nitrogens with zero attached hydrogens (tertiary/aromatic N) is 1. The van der Waals surface area contributed by atoms with Crippen LogP contribution < -0.4 is 11.1 Å². The molecule has 1 rings (SSSR count). The zero-order chi connectivity index (χ0) is 14.4. The zero-order valence-corrected chi connectivity index (χ0v) is 11.6. The first kappa shape index (κ1) is 15.7. The molecule has 0 aromatic heterocycles. The predicted molar refractivity (Wildman–Crippen MR) is 72.4 cm³/mol. The number of amides is 2. The molecule has 1 saturated heterocycles. The Bertz CT molecular complexity index is 344. The van der Waals surface area contributed by atoms with E-state index in [0.29, 0.717) is 19.6 Å². The highest BCUT2D eigenvalue weighted by Crippen LogP contribution is 2.10. The lowest BCUT2D eigenvalue weighted by Crippen LogP contribution is -2.59. The number of hydrogen-bond donors (Lipinski definition) is 2. The van der Waals surface area contributed by atoms with Crippen LogP contribution in [0, 0.1) is 0 Å². The fraction of sp³-hybridized carbons (Fsp3) is 0.692. The minimum absolute atomic E-state index is 0.0215. The third kappa shape index (κ3) is 4.33. The van der Waals surface area contributed by atoms with Crippen LogP contribution in [0.4, 0.5) is 0 Å². The van der Waals surface area contributed by atoms with Crippen LogP contribution in [0.5, 0.6) is 0 Å². The van der Waals surface area contributed by atoms with Gasteiger partial charge in [-0.1, -0.05) is 6.08 Å². The van der Waals surface area contributed by atoms with Gasteiger partial charge >= 0.3 is 0 Å². The molecule has 0 saturated carbocycles. The Balaban J connectivity index is 2.74. The van der Waals surface area contributed by atoms with Crippen molar-refractivity contribution in [1.29, 1.82) is 0 Å². The highest BCUT2D eigenvalue weighted by Gasteiger charge is 2.34. The van der Waals surface area contributed by atoms with Crippen molar-refractivity contribution in [3.63, 3.8) is 0 Å². The normalized spacial score (nSPS) is 21.1. The van der Waals surface area contributed by atoms with Crippen molar-refractivity contribution in [1.82, 2.24) is 10.2 Å². The summed E-state index contributed by atoms with van der Waals surface area (Å²) in [7, 11) is 0. The number of rotatable bonds is 5. The van der Waals surface area contributed by atoms with Crippen LogP contribution >= 0.6 is 0 Å². The summed E-state index contributed by atoms with van der Waals surface area (Å²) >= 11 is 0. The lowest BCUT2D eigenvalue weighted by atomic mass is 10.1. The first-order chi connectivity index (χ1) is 8.97. The van der Waals surface area contributed by atoms with Crippen molar-refractivity contribution in [2.24, 2.45) is 5.73 Å². The van der Waals surface area contributed by atoms with Crippen molar-refractivity contribution in [3.05, 3.63) is 12.7 Å². The Kier molecular flexibility index (Phi) is 5.98. The Morgan fingerprint density at radius 1 is 1.58 bits per heavy atom. The van der Waals surface area contributed by atoms with Gasteiger partial charge in [-0.2, -0.15) is 0 Å². The SMILES string of the molecule is C=CCC(N)C(=O)N1CCOCC1C(=O)NC(C)C. The van der Waals surface area contributed by atoms with Gasteiger partial charge in [0.1, 0.15) is 6.04 Å². The van der Waals surface area contributed by atoms with Crippen LogP contribution in [0.25, 0.3) is 0 Å². The quantitative estimate of drug-likeness (QED) is 0.668. The summed E-state index contributed by atoms with van der Waals surface area (Å²) in [5.41, 5.74) is 5.79. The zero-order valence-electron chi connectivity index (χ0n) is 11.6. The van der Waals surface area contributed by atoms with E-state index in [1.54, 1.807) is 6.08 Å². The molecule has 0 aromatic rings. The standard InChI is InChI=1S/C13H23N3O3/c1-4-5-10(14)13(18)16-6-7-19-8-11(16)12(17)15-9(2)3/h4,9-11H,1,5-8,14H2,2-3H3,(H,15,17). The van der Waals surface area contributed by atoms with Crippen molar-refractivity contribution >= 4 is 11.8 Å². The lowest BCUT2D eigenvalue weighted by Gasteiger charge is -2.36. The molecule has 108 valence electrons. The minimum atomic E-state index is -0.648. The number of ether oxygens (including phenoxy) is 1. The summed E-state index contributed by atoms with van der Waals surface area (Å²) in [5, 5.41) is 2.79. The summed E-state index contributed by atoms with van der Waals surface area (Å²) in [6, 6.07) is -1.22. The number of carbonyl (C=O) groups excluding carboxylic acids is 2. The molecule has 1 aliphatic rings. The van der Waals surface area contributed by atoms with Gasteiger partial charge in [0.25, 0.3) is 0 Å². The summed E-state index contributed by atoms with van der Waals surface area (Å²) in [4.78, 5) is 25.8. The number of nitrogens with one attached hydrogen (secondary N) is 1. The predicted octanol–water partition coefficient (Wildman–Crippen LogP) is -0.358. The third-order valence-electron chi connectivity index (χ3n) is 2.88. The Hall–Kier alpha value is -1.40. The average molecular weight is 269 g/mol. The molecule has 6 nitrogen and oxygen atoms in total. The first-order valence-corrected chi connectivity index (χ1v) is 6.52. The number of hydrogen-bond acceptors (Lipinski definition) is 4.